The van der Waals surface area contributed by atoms with Crippen molar-refractivity contribution in [1.29, 1.82) is 0 Å². The minimum Gasteiger partial charge on any atom is -0.393 e. The fraction of sp³-hybridized carbons (Fsp3) is 0.846. The van der Waals surface area contributed by atoms with Crippen LogP contribution in [0.15, 0.2) is 4.52 Å². The van der Waals surface area contributed by atoms with E-state index in [2.05, 4.69) is 10.1 Å². The second-order valence-electron chi connectivity index (χ2n) is 5.24. The van der Waals surface area contributed by atoms with Crippen molar-refractivity contribution >= 4 is 0 Å². The number of aliphatic hydroxyl groups excluding tert-OH is 1. The molecule has 1 aliphatic rings. The predicted molar refractivity (Wildman–Crippen MR) is 66.2 cm³/mol. The Morgan fingerprint density at radius 1 is 1.28 bits per heavy atom. The molecule has 0 saturated heterocycles. The zero-order valence-corrected chi connectivity index (χ0v) is 11.3. The van der Waals surface area contributed by atoms with E-state index >= 15 is 0 Å². The van der Waals surface area contributed by atoms with E-state index in [4.69, 9.17) is 9.26 Å². The summed E-state index contributed by atoms with van der Waals surface area (Å²) in [5.74, 6) is 0.970. The molecule has 2 rings (SSSR count). The highest BCUT2D eigenvalue weighted by molar-refractivity contribution is 5.05. The van der Waals surface area contributed by atoms with Crippen LogP contribution in [0.25, 0.3) is 0 Å². The largest absolute Gasteiger partial charge is 0.393 e. The molecule has 2 unspecified atom stereocenters. The second kappa shape index (κ2) is 5.36. The summed E-state index contributed by atoms with van der Waals surface area (Å²) in [6.45, 7) is 3.60. The van der Waals surface area contributed by atoms with E-state index in [1.807, 2.05) is 6.92 Å². The van der Waals surface area contributed by atoms with Crippen LogP contribution in [-0.2, 0) is 10.3 Å². The van der Waals surface area contributed by atoms with Gasteiger partial charge in [0.2, 0.25) is 11.7 Å². The van der Waals surface area contributed by atoms with Gasteiger partial charge in [0.25, 0.3) is 0 Å². The van der Waals surface area contributed by atoms with Crippen molar-refractivity contribution in [3.63, 3.8) is 0 Å². The third kappa shape index (κ3) is 2.42. The van der Waals surface area contributed by atoms with Crippen LogP contribution in [-0.4, -0.2) is 28.5 Å². The molecule has 0 aliphatic heterocycles. The van der Waals surface area contributed by atoms with Crippen LogP contribution in [0.4, 0.5) is 0 Å². The van der Waals surface area contributed by atoms with E-state index in [1.165, 1.54) is 6.42 Å². The molecule has 102 valence electrons. The van der Waals surface area contributed by atoms with E-state index in [0.717, 1.165) is 25.7 Å². The molecule has 1 heterocycles. The standard InChI is InChI=1S/C13H22N2O3/c1-9(10(2)16)11-14-12(15-18-11)13(17-3)7-5-4-6-8-13/h9-10,16H,4-8H2,1-3H3. The molecule has 2 atom stereocenters. The molecule has 0 radical (unpaired) electrons. The first-order chi connectivity index (χ1) is 8.59. The number of hydrogen-bond acceptors (Lipinski definition) is 5. The van der Waals surface area contributed by atoms with E-state index < -0.39 is 11.7 Å². The molecule has 1 fully saturated rings. The Bertz CT molecular complexity index is 383. The Morgan fingerprint density at radius 3 is 2.50 bits per heavy atom. The Balaban J connectivity index is 2.22. The third-order valence-corrected chi connectivity index (χ3v) is 4.01. The maximum atomic E-state index is 9.56. The van der Waals surface area contributed by atoms with Gasteiger partial charge in [0.05, 0.1) is 12.0 Å². The molecule has 18 heavy (non-hydrogen) atoms. The molecule has 5 heteroatoms. The minimum absolute atomic E-state index is 0.149. The van der Waals surface area contributed by atoms with Crippen LogP contribution < -0.4 is 0 Å². The fourth-order valence-corrected chi connectivity index (χ4v) is 2.45. The molecule has 0 spiro atoms. The van der Waals surface area contributed by atoms with Gasteiger partial charge in [-0.25, -0.2) is 0 Å². The molecular weight excluding hydrogens is 232 g/mol. The van der Waals surface area contributed by atoms with Crippen molar-refractivity contribution in [3.8, 4) is 0 Å². The lowest BCUT2D eigenvalue weighted by molar-refractivity contribution is -0.0527. The van der Waals surface area contributed by atoms with Gasteiger partial charge in [0.1, 0.15) is 5.60 Å². The van der Waals surface area contributed by atoms with Crippen LogP contribution in [0.3, 0.4) is 0 Å². The van der Waals surface area contributed by atoms with Gasteiger partial charge in [-0.1, -0.05) is 31.3 Å². The number of aromatic nitrogens is 2. The van der Waals surface area contributed by atoms with E-state index in [-0.39, 0.29) is 5.92 Å². The second-order valence-corrected chi connectivity index (χ2v) is 5.24. The molecular formula is C13H22N2O3. The quantitative estimate of drug-likeness (QED) is 0.893. The highest BCUT2D eigenvalue weighted by atomic mass is 16.5. The first kappa shape index (κ1) is 13.5. The summed E-state index contributed by atoms with van der Waals surface area (Å²) >= 11 is 0. The van der Waals surface area contributed by atoms with Crippen LogP contribution in [0.2, 0.25) is 0 Å². The summed E-state index contributed by atoms with van der Waals surface area (Å²) in [6, 6.07) is 0. The van der Waals surface area contributed by atoms with Crippen LogP contribution in [0.5, 0.6) is 0 Å². The topological polar surface area (TPSA) is 68.4 Å². The monoisotopic (exact) mass is 254 g/mol. The average molecular weight is 254 g/mol. The number of nitrogens with zero attached hydrogens (tertiary/aromatic N) is 2. The van der Waals surface area contributed by atoms with E-state index in [0.29, 0.717) is 11.7 Å². The van der Waals surface area contributed by atoms with Crippen molar-refractivity contribution in [2.75, 3.05) is 7.11 Å². The molecule has 0 aromatic carbocycles. The van der Waals surface area contributed by atoms with Gasteiger partial charge in [0.15, 0.2) is 0 Å². The number of rotatable bonds is 4. The molecule has 1 N–H and O–H groups in total. The van der Waals surface area contributed by atoms with Gasteiger partial charge in [-0.3, -0.25) is 0 Å². The molecule has 1 saturated carbocycles. The molecule has 5 nitrogen and oxygen atoms in total. The highest BCUT2D eigenvalue weighted by Crippen LogP contribution is 2.38. The van der Waals surface area contributed by atoms with Crippen LogP contribution >= 0.6 is 0 Å². The Hall–Kier alpha value is -0.940. The Kier molecular flexibility index (Phi) is 4.02. The number of methoxy groups -OCH3 is 1. The summed E-state index contributed by atoms with van der Waals surface area (Å²) in [4.78, 5) is 4.44. The molecule has 0 amide bonds. The highest BCUT2D eigenvalue weighted by Gasteiger charge is 2.39. The molecule has 1 aromatic rings. The smallest absolute Gasteiger partial charge is 0.232 e. The van der Waals surface area contributed by atoms with Crippen molar-refractivity contribution in [1.82, 2.24) is 10.1 Å². The summed E-state index contributed by atoms with van der Waals surface area (Å²) in [7, 11) is 1.71. The summed E-state index contributed by atoms with van der Waals surface area (Å²) in [5.41, 5.74) is -0.390. The Morgan fingerprint density at radius 2 is 1.94 bits per heavy atom. The number of ether oxygens (including phenoxy) is 1. The van der Waals surface area contributed by atoms with E-state index in [1.54, 1.807) is 14.0 Å². The van der Waals surface area contributed by atoms with Gasteiger partial charge < -0.3 is 14.4 Å². The summed E-state index contributed by atoms with van der Waals surface area (Å²) in [5, 5.41) is 13.6. The maximum absolute atomic E-state index is 9.56. The lowest BCUT2D eigenvalue weighted by atomic mass is 9.84. The predicted octanol–water partition coefficient (Wildman–Crippen LogP) is 2.36. The molecule has 1 aromatic heterocycles. The fourth-order valence-electron chi connectivity index (χ4n) is 2.45. The maximum Gasteiger partial charge on any atom is 0.232 e. The third-order valence-electron chi connectivity index (χ3n) is 4.01. The molecule has 0 bridgehead atoms. The zero-order chi connectivity index (χ0) is 13.2. The van der Waals surface area contributed by atoms with Crippen molar-refractivity contribution in [3.05, 3.63) is 11.7 Å². The van der Waals surface area contributed by atoms with E-state index in [9.17, 15) is 5.11 Å². The zero-order valence-electron chi connectivity index (χ0n) is 11.3. The number of aliphatic hydroxyl groups is 1. The molecule has 1 aliphatic carbocycles. The van der Waals surface area contributed by atoms with Gasteiger partial charge in [-0.2, -0.15) is 4.98 Å². The lowest BCUT2D eigenvalue weighted by Gasteiger charge is -2.32. The van der Waals surface area contributed by atoms with Gasteiger partial charge >= 0.3 is 0 Å². The van der Waals surface area contributed by atoms with Crippen LogP contribution in [0.1, 0.15) is 63.6 Å². The van der Waals surface area contributed by atoms with Crippen molar-refractivity contribution < 1.29 is 14.4 Å². The first-order valence-electron chi connectivity index (χ1n) is 6.66. The SMILES string of the molecule is COC1(c2noc(C(C)C(C)O)n2)CCCCC1. The lowest BCUT2D eigenvalue weighted by Crippen LogP contribution is -2.32. The average Bonchev–Trinajstić information content (AvgIpc) is 2.88. The van der Waals surface area contributed by atoms with Crippen molar-refractivity contribution in [2.45, 2.75) is 63.6 Å². The first-order valence-corrected chi connectivity index (χ1v) is 6.66. The normalized spacial score (nSPS) is 22.7. The Labute approximate surface area is 108 Å². The van der Waals surface area contributed by atoms with Crippen LogP contribution in [0, 0.1) is 0 Å². The number of hydrogen-bond donors (Lipinski definition) is 1. The van der Waals surface area contributed by atoms with Gasteiger partial charge in [0, 0.05) is 7.11 Å². The van der Waals surface area contributed by atoms with Gasteiger partial charge in [-0.15, -0.1) is 0 Å². The summed E-state index contributed by atoms with van der Waals surface area (Å²) < 4.78 is 10.9. The summed E-state index contributed by atoms with van der Waals surface area (Å²) in [6.07, 6.45) is 4.87. The van der Waals surface area contributed by atoms with Crippen molar-refractivity contribution in [2.24, 2.45) is 0 Å². The van der Waals surface area contributed by atoms with Gasteiger partial charge in [-0.05, 0) is 19.8 Å². The minimum atomic E-state index is -0.497.